The summed E-state index contributed by atoms with van der Waals surface area (Å²) < 4.78 is 49.5. The predicted molar refractivity (Wildman–Crippen MR) is 126 cm³/mol. The van der Waals surface area contributed by atoms with Gasteiger partial charge in [0, 0.05) is 38.0 Å². The Labute approximate surface area is 217 Å². The molecule has 0 aliphatic heterocycles. The molecule has 0 amide bonds. The van der Waals surface area contributed by atoms with Gasteiger partial charge in [0.2, 0.25) is 5.69 Å². The lowest BCUT2D eigenvalue weighted by atomic mass is 10.0. The van der Waals surface area contributed by atoms with Gasteiger partial charge >= 0.3 is 6.55 Å². The molecule has 196 valence electrons. The van der Waals surface area contributed by atoms with Crippen molar-refractivity contribution in [3.8, 4) is 28.1 Å². The zero-order valence-corrected chi connectivity index (χ0v) is 20.3. The largest absolute Gasteiger partial charge is 0.618 e. The van der Waals surface area contributed by atoms with Gasteiger partial charge in [-0.25, -0.2) is 4.39 Å². The molecule has 1 unspecified atom stereocenters. The number of benzene rings is 1. The second-order valence-corrected chi connectivity index (χ2v) is 8.42. The summed E-state index contributed by atoms with van der Waals surface area (Å²) in [6.45, 7) is -2.59. The van der Waals surface area contributed by atoms with E-state index in [9.17, 15) is 14.0 Å². The highest BCUT2D eigenvalue weighted by molar-refractivity contribution is 6.31. The molecule has 12 nitrogen and oxygen atoms in total. The van der Waals surface area contributed by atoms with Crippen LogP contribution in [0.2, 0.25) is 5.02 Å². The molecule has 5 rings (SSSR count). The highest BCUT2D eigenvalue weighted by atomic mass is 35.5. The Morgan fingerprint density at radius 3 is 2.66 bits per heavy atom. The standard InChI is InChI=1S/C22H18ClF3N10O2/c1-38-7-6-17(33-10-14(8-28-33)16-9-29-36(30-16)22(25)26)18-4-2-13(11-35(18)37)20-19(34-12-27-31-32-34)5-3-15(23)21(20)24/h2-5,8-12,17,22H,6-7H2,1H3. The lowest BCUT2D eigenvalue weighted by molar-refractivity contribution is -0.615. The van der Waals surface area contributed by atoms with Crippen LogP contribution < -0.4 is 4.73 Å². The first-order valence-corrected chi connectivity index (χ1v) is 11.4. The van der Waals surface area contributed by atoms with Crippen LogP contribution >= 0.6 is 11.6 Å². The SMILES string of the molecule is COCCC(c1ccc(-c2c(-n3cnnn3)ccc(Cl)c2F)c[n+]1[O-])n1cc(-c2cnn(C(F)F)n2)cn1. The summed E-state index contributed by atoms with van der Waals surface area (Å²) in [5, 5.41) is 35.7. The molecule has 0 N–H and O–H groups in total. The van der Waals surface area contributed by atoms with E-state index in [1.165, 1.54) is 53.5 Å². The molecule has 0 spiro atoms. The van der Waals surface area contributed by atoms with Crippen molar-refractivity contribution < 1.29 is 22.6 Å². The average Bonchev–Trinajstić information content (AvgIpc) is 3.68. The third-order valence-electron chi connectivity index (χ3n) is 5.74. The van der Waals surface area contributed by atoms with Crippen LogP contribution in [0.5, 0.6) is 0 Å². The monoisotopic (exact) mass is 546 g/mol. The van der Waals surface area contributed by atoms with Crippen LogP contribution in [0.15, 0.2) is 55.4 Å². The van der Waals surface area contributed by atoms with E-state index < -0.39 is 18.4 Å². The van der Waals surface area contributed by atoms with E-state index >= 15 is 4.39 Å². The fraction of sp³-hybridized carbons (Fsp3) is 0.227. The van der Waals surface area contributed by atoms with E-state index in [0.717, 1.165) is 0 Å². The first kappa shape index (κ1) is 25.3. The van der Waals surface area contributed by atoms with Gasteiger partial charge in [0.25, 0.3) is 0 Å². The number of ether oxygens (including phenoxy) is 1. The van der Waals surface area contributed by atoms with E-state index in [0.29, 0.717) is 16.7 Å². The quantitative estimate of drug-likeness (QED) is 0.204. The number of alkyl halides is 2. The molecule has 5 aromatic rings. The van der Waals surface area contributed by atoms with Gasteiger partial charge in [-0.1, -0.05) is 11.6 Å². The van der Waals surface area contributed by atoms with Crippen molar-refractivity contribution in [2.45, 2.75) is 19.0 Å². The molecule has 0 bridgehead atoms. The molecule has 4 heterocycles. The second-order valence-electron chi connectivity index (χ2n) is 8.01. The fourth-order valence-electron chi connectivity index (χ4n) is 3.96. The third kappa shape index (κ3) is 4.80. The van der Waals surface area contributed by atoms with Gasteiger partial charge in [-0.2, -0.15) is 28.4 Å². The minimum Gasteiger partial charge on any atom is -0.618 e. The number of hydrogen-bond acceptors (Lipinski definition) is 8. The summed E-state index contributed by atoms with van der Waals surface area (Å²) in [6.07, 6.45) is 7.06. The van der Waals surface area contributed by atoms with Crippen LogP contribution in [0.25, 0.3) is 28.1 Å². The van der Waals surface area contributed by atoms with Crippen LogP contribution in [0.1, 0.15) is 24.7 Å². The minimum atomic E-state index is -2.88. The van der Waals surface area contributed by atoms with E-state index in [-0.39, 0.29) is 44.6 Å². The minimum absolute atomic E-state index is 0.0397. The normalized spacial score (nSPS) is 12.4. The Kier molecular flexibility index (Phi) is 7.02. The van der Waals surface area contributed by atoms with Crippen molar-refractivity contribution >= 4 is 11.6 Å². The molecule has 0 aliphatic rings. The molecule has 1 aromatic carbocycles. The number of hydrogen-bond donors (Lipinski definition) is 0. The fourth-order valence-corrected chi connectivity index (χ4v) is 4.12. The zero-order chi connectivity index (χ0) is 26.8. The number of halogens is 4. The van der Waals surface area contributed by atoms with Crippen molar-refractivity contribution in [2.24, 2.45) is 0 Å². The van der Waals surface area contributed by atoms with E-state index in [1.54, 1.807) is 18.3 Å². The van der Waals surface area contributed by atoms with Gasteiger partial charge in [0.1, 0.15) is 18.1 Å². The Balaban J connectivity index is 1.53. The first-order valence-electron chi connectivity index (χ1n) is 11.1. The zero-order valence-electron chi connectivity index (χ0n) is 19.6. The van der Waals surface area contributed by atoms with E-state index in [1.807, 2.05) is 0 Å². The molecule has 4 aromatic heterocycles. The van der Waals surface area contributed by atoms with E-state index in [4.69, 9.17) is 16.3 Å². The van der Waals surface area contributed by atoms with Gasteiger partial charge in [-0.05, 0) is 28.6 Å². The maximum absolute atomic E-state index is 15.2. The molecular weight excluding hydrogens is 529 g/mol. The molecule has 38 heavy (non-hydrogen) atoms. The number of methoxy groups -OCH3 is 1. The first-order chi connectivity index (χ1) is 18.4. The highest BCUT2D eigenvalue weighted by Crippen LogP contribution is 2.33. The molecule has 16 heteroatoms. The third-order valence-corrected chi connectivity index (χ3v) is 6.03. The van der Waals surface area contributed by atoms with Crippen LogP contribution in [-0.2, 0) is 4.74 Å². The van der Waals surface area contributed by atoms with Gasteiger partial charge in [-0.15, -0.1) is 15.0 Å². The number of tetrazole rings is 1. The molecule has 0 saturated heterocycles. The number of aromatic nitrogens is 10. The summed E-state index contributed by atoms with van der Waals surface area (Å²) in [6, 6.07) is 5.42. The van der Waals surface area contributed by atoms with Crippen LogP contribution in [0.3, 0.4) is 0 Å². The molecule has 0 saturated carbocycles. The Morgan fingerprint density at radius 1 is 1.13 bits per heavy atom. The number of pyridine rings is 1. The maximum Gasteiger partial charge on any atom is 0.348 e. The average molecular weight is 547 g/mol. The molecule has 0 radical (unpaired) electrons. The van der Waals surface area contributed by atoms with Crippen LogP contribution in [-0.4, -0.2) is 58.7 Å². The highest BCUT2D eigenvalue weighted by Gasteiger charge is 2.26. The smallest absolute Gasteiger partial charge is 0.348 e. The van der Waals surface area contributed by atoms with Gasteiger partial charge in [0.05, 0.1) is 34.2 Å². The summed E-state index contributed by atoms with van der Waals surface area (Å²) in [5.41, 5.74) is 1.47. The Morgan fingerprint density at radius 2 is 1.97 bits per heavy atom. The van der Waals surface area contributed by atoms with Crippen molar-refractivity contribution in [1.82, 2.24) is 45.0 Å². The maximum atomic E-state index is 15.2. The summed E-state index contributed by atoms with van der Waals surface area (Å²) in [5.74, 6) is -0.739. The molecule has 1 atom stereocenters. The number of rotatable bonds is 9. The van der Waals surface area contributed by atoms with Crippen molar-refractivity contribution in [2.75, 3.05) is 13.7 Å². The summed E-state index contributed by atoms with van der Waals surface area (Å²) in [7, 11) is 1.52. The van der Waals surface area contributed by atoms with E-state index in [2.05, 4.69) is 30.8 Å². The molecule has 0 fully saturated rings. The second kappa shape index (κ2) is 10.5. The van der Waals surface area contributed by atoms with Crippen molar-refractivity contribution in [3.05, 3.63) is 77.1 Å². The Hall–Kier alpha value is -4.37. The lowest BCUT2D eigenvalue weighted by Crippen LogP contribution is -2.36. The van der Waals surface area contributed by atoms with Gasteiger partial charge in [-0.3, -0.25) is 4.68 Å². The van der Waals surface area contributed by atoms with Crippen LogP contribution in [0, 0.1) is 11.0 Å². The van der Waals surface area contributed by atoms with Gasteiger partial charge in [0.15, 0.2) is 12.0 Å². The molecular formula is C22H18ClF3N10O2. The van der Waals surface area contributed by atoms with Crippen LogP contribution in [0.4, 0.5) is 13.2 Å². The van der Waals surface area contributed by atoms with Gasteiger partial charge < -0.3 is 9.94 Å². The number of nitrogens with zero attached hydrogens (tertiary/aromatic N) is 10. The summed E-state index contributed by atoms with van der Waals surface area (Å²) in [4.78, 5) is 0.290. The van der Waals surface area contributed by atoms with Crippen molar-refractivity contribution in [1.29, 1.82) is 0 Å². The Bertz CT molecular complexity index is 1560. The topological polar surface area (TPSA) is 128 Å². The molecule has 0 aliphatic carbocycles. The lowest BCUT2D eigenvalue weighted by Gasteiger charge is -2.18. The predicted octanol–water partition coefficient (Wildman–Crippen LogP) is 3.23. The van der Waals surface area contributed by atoms with Crippen molar-refractivity contribution in [3.63, 3.8) is 0 Å². The summed E-state index contributed by atoms with van der Waals surface area (Å²) >= 11 is 6.03.